The molecule has 0 aliphatic carbocycles. The third-order valence-electron chi connectivity index (χ3n) is 4.14. The van der Waals surface area contributed by atoms with Crippen molar-refractivity contribution in [1.29, 1.82) is 0 Å². The lowest BCUT2D eigenvalue weighted by Crippen LogP contribution is -2.31. The molecule has 1 aromatic carbocycles. The van der Waals surface area contributed by atoms with Crippen LogP contribution in [0.15, 0.2) is 47.1 Å². The molecule has 0 bridgehead atoms. The SMILES string of the molecule is C[C@H](c1cccc([N+](=O)[O-])c1)N(C)C(=O)CCCNC(=O)c1ccco1. The lowest BCUT2D eigenvalue weighted by atomic mass is 10.1. The summed E-state index contributed by atoms with van der Waals surface area (Å²) in [4.78, 5) is 36.0. The lowest BCUT2D eigenvalue weighted by Gasteiger charge is -2.25. The molecule has 0 aliphatic rings. The van der Waals surface area contributed by atoms with E-state index in [0.717, 1.165) is 0 Å². The Kier molecular flexibility index (Phi) is 6.48. The van der Waals surface area contributed by atoms with Crippen LogP contribution in [0.3, 0.4) is 0 Å². The highest BCUT2D eigenvalue weighted by atomic mass is 16.6. The third-order valence-corrected chi connectivity index (χ3v) is 4.14. The molecule has 2 rings (SSSR count). The Hall–Kier alpha value is -3.16. The molecular weight excluding hydrogens is 338 g/mol. The van der Waals surface area contributed by atoms with Crippen LogP contribution in [0.5, 0.6) is 0 Å². The van der Waals surface area contributed by atoms with Crippen LogP contribution in [0, 0.1) is 10.1 Å². The molecule has 0 saturated carbocycles. The van der Waals surface area contributed by atoms with Crippen LogP contribution >= 0.6 is 0 Å². The number of carbonyl (C=O) groups excluding carboxylic acids is 2. The van der Waals surface area contributed by atoms with Gasteiger partial charge in [0.2, 0.25) is 5.91 Å². The van der Waals surface area contributed by atoms with Gasteiger partial charge in [0.25, 0.3) is 11.6 Å². The van der Waals surface area contributed by atoms with Crippen molar-refractivity contribution in [2.75, 3.05) is 13.6 Å². The molecule has 0 fully saturated rings. The Morgan fingerprint density at radius 2 is 2.08 bits per heavy atom. The van der Waals surface area contributed by atoms with Crippen molar-refractivity contribution in [2.45, 2.75) is 25.8 Å². The molecule has 8 heteroatoms. The first kappa shape index (κ1) is 19.2. The van der Waals surface area contributed by atoms with Crippen molar-refractivity contribution in [1.82, 2.24) is 10.2 Å². The summed E-state index contributed by atoms with van der Waals surface area (Å²) in [5.74, 6) is -0.190. The van der Waals surface area contributed by atoms with Crippen molar-refractivity contribution in [2.24, 2.45) is 0 Å². The maximum atomic E-state index is 12.3. The molecule has 8 nitrogen and oxygen atoms in total. The zero-order valence-electron chi connectivity index (χ0n) is 14.7. The number of hydrogen-bond acceptors (Lipinski definition) is 5. The van der Waals surface area contributed by atoms with Crippen molar-refractivity contribution in [3.05, 3.63) is 64.1 Å². The van der Waals surface area contributed by atoms with Gasteiger partial charge in [-0.2, -0.15) is 0 Å². The summed E-state index contributed by atoms with van der Waals surface area (Å²) in [6.07, 6.45) is 2.16. The second-order valence-corrected chi connectivity index (χ2v) is 5.87. The molecule has 1 atom stereocenters. The summed E-state index contributed by atoms with van der Waals surface area (Å²) in [6.45, 7) is 2.17. The minimum absolute atomic E-state index is 0.00385. The maximum absolute atomic E-state index is 12.3. The van der Waals surface area contributed by atoms with Gasteiger partial charge >= 0.3 is 0 Å². The van der Waals surface area contributed by atoms with Gasteiger partial charge in [-0.25, -0.2) is 0 Å². The zero-order valence-corrected chi connectivity index (χ0v) is 14.7. The van der Waals surface area contributed by atoms with Crippen molar-refractivity contribution >= 4 is 17.5 Å². The molecule has 0 aliphatic heterocycles. The largest absolute Gasteiger partial charge is 0.459 e. The van der Waals surface area contributed by atoms with E-state index in [1.165, 1.54) is 18.4 Å². The summed E-state index contributed by atoms with van der Waals surface area (Å²) in [7, 11) is 1.66. The van der Waals surface area contributed by atoms with Crippen LogP contribution in [0.25, 0.3) is 0 Å². The van der Waals surface area contributed by atoms with Crippen LogP contribution < -0.4 is 5.32 Å². The molecule has 0 spiro atoms. The topological polar surface area (TPSA) is 106 Å². The van der Waals surface area contributed by atoms with E-state index < -0.39 is 4.92 Å². The van der Waals surface area contributed by atoms with Gasteiger partial charge in [-0.3, -0.25) is 19.7 Å². The Morgan fingerprint density at radius 1 is 1.31 bits per heavy atom. The molecule has 0 saturated heterocycles. The van der Waals surface area contributed by atoms with E-state index in [1.54, 1.807) is 36.2 Å². The van der Waals surface area contributed by atoms with Crippen molar-refractivity contribution in [3.63, 3.8) is 0 Å². The molecule has 1 heterocycles. The van der Waals surface area contributed by atoms with Crippen LogP contribution in [0.2, 0.25) is 0 Å². The van der Waals surface area contributed by atoms with Crippen LogP contribution in [-0.2, 0) is 4.79 Å². The first-order valence-corrected chi connectivity index (χ1v) is 8.22. The number of nitrogens with zero attached hydrogens (tertiary/aromatic N) is 2. The summed E-state index contributed by atoms with van der Waals surface area (Å²) in [5.41, 5.74) is 0.692. The first-order chi connectivity index (χ1) is 12.4. The number of rotatable bonds is 8. The molecule has 1 N–H and O–H groups in total. The highest BCUT2D eigenvalue weighted by Gasteiger charge is 2.19. The number of benzene rings is 1. The van der Waals surface area contributed by atoms with E-state index in [-0.39, 0.29) is 35.7 Å². The van der Waals surface area contributed by atoms with Gasteiger partial charge in [-0.05, 0) is 31.0 Å². The lowest BCUT2D eigenvalue weighted by molar-refractivity contribution is -0.384. The summed E-state index contributed by atoms with van der Waals surface area (Å²) in [5, 5.41) is 13.6. The number of nitrogens with one attached hydrogen (secondary N) is 1. The average molecular weight is 359 g/mol. The third kappa shape index (κ3) is 4.92. The molecule has 0 radical (unpaired) electrons. The van der Waals surface area contributed by atoms with E-state index in [4.69, 9.17) is 4.42 Å². The van der Waals surface area contributed by atoms with Crippen LogP contribution in [-0.4, -0.2) is 35.2 Å². The predicted molar refractivity (Wildman–Crippen MR) is 94.6 cm³/mol. The predicted octanol–water partition coefficient (Wildman–Crippen LogP) is 2.92. The Labute approximate surface area is 150 Å². The molecule has 138 valence electrons. The van der Waals surface area contributed by atoms with Gasteiger partial charge in [0.1, 0.15) is 0 Å². The number of non-ortho nitro benzene ring substituents is 1. The van der Waals surface area contributed by atoms with E-state index >= 15 is 0 Å². The van der Waals surface area contributed by atoms with Crippen molar-refractivity contribution < 1.29 is 18.9 Å². The monoisotopic (exact) mass is 359 g/mol. The summed E-state index contributed by atoms with van der Waals surface area (Å²) >= 11 is 0. The Balaban J connectivity index is 1.82. The summed E-state index contributed by atoms with van der Waals surface area (Å²) in [6, 6.07) is 9.15. The molecular formula is C18H21N3O5. The fourth-order valence-electron chi connectivity index (χ4n) is 2.45. The van der Waals surface area contributed by atoms with Gasteiger partial charge in [0, 0.05) is 32.1 Å². The van der Waals surface area contributed by atoms with Crippen LogP contribution in [0.4, 0.5) is 5.69 Å². The molecule has 0 unspecified atom stereocenters. The Bertz CT molecular complexity index is 773. The molecule has 2 aromatic rings. The second-order valence-electron chi connectivity index (χ2n) is 5.87. The van der Waals surface area contributed by atoms with Gasteiger partial charge in [0.15, 0.2) is 5.76 Å². The minimum atomic E-state index is -0.459. The average Bonchev–Trinajstić information content (AvgIpc) is 3.18. The van der Waals surface area contributed by atoms with E-state index in [0.29, 0.717) is 18.5 Å². The quantitative estimate of drug-likeness (QED) is 0.443. The maximum Gasteiger partial charge on any atom is 0.286 e. The number of nitro groups is 1. The van der Waals surface area contributed by atoms with E-state index in [9.17, 15) is 19.7 Å². The van der Waals surface area contributed by atoms with E-state index in [2.05, 4.69) is 5.32 Å². The zero-order chi connectivity index (χ0) is 19.1. The standard InChI is InChI=1S/C18H21N3O5/c1-13(14-6-3-7-15(12-14)21(24)25)20(2)17(22)9-4-10-19-18(23)16-8-5-11-26-16/h3,5-8,11-13H,4,9-10H2,1-2H3,(H,19,23)/t13-/m1/s1. The minimum Gasteiger partial charge on any atom is -0.459 e. The first-order valence-electron chi connectivity index (χ1n) is 8.22. The number of amides is 2. The second kappa shape index (κ2) is 8.80. The molecule has 1 aromatic heterocycles. The number of carbonyl (C=O) groups is 2. The summed E-state index contributed by atoms with van der Waals surface area (Å²) < 4.78 is 4.98. The molecule has 26 heavy (non-hydrogen) atoms. The van der Waals surface area contributed by atoms with Gasteiger partial charge in [-0.15, -0.1) is 0 Å². The smallest absolute Gasteiger partial charge is 0.286 e. The van der Waals surface area contributed by atoms with E-state index in [1.807, 2.05) is 6.92 Å². The van der Waals surface area contributed by atoms with Gasteiger partial charge < -0.3 is 14.6 Å². The highest BCUT2D eigenvalue weighted by molar-refractivity contribution is 5.91. The number of furan rings is 1. The fourth-order valence-corrected chi connectivity index (χ4v) is 2.45. The van der Waals surface area contributed by atoms with Gasteiger partial charge in [0.05, 0.1) is 17.2 Å². The Morgan fingerprint density at radius 3 is 2.73 bits per heavy atom. The number of nitro benzene ring substituents is 1. The van der Waals surface area contributed by atoms with Crippen molar-refractivity contribution in [3.8, 4) is 0 Å². The van der Waals surface area contributed by atoms with Gasteiger partial charge in [-0.1, -0.05) is 12.1 Å². The fraction of sp³-hybridized carbons (Fsp3) is 0.333. The molecule has 2 amide bonds. The normalized spacial score (nSPS) is 11.6. The van der Waals surface area contributed by atoms with Crippen LogP contribution in [0.1, 0.15) is 41.9 Å². The highest BCUT2D eigenvalue weighted by Crippen LogP contribution is 2.23. The number of hydrogen-bond donors (Lipinski definition) is 1.